The average Bonchev–Trinajstić information content (AvgIpc) is 2.78. The van der Waals surface area contributed by atoms with Crippen molar-refractivity contribution >= 4 is 33.9 Å². The zero-order valence-corrected chi connectivity index (χ0v) is 12.0. The fourth-order valence-corrected chi connectivity index (χ4v) is 2.88. The quantitative estimate of drug-likeness (QED) is 0.811. The topological polar surface area (TPSA) is 80.0 Å². The van der Waals surface area contributed by atoms with E-state index in [0.29, 0.717) is 16.1 Å². The van der Waals surface area contributed by atoms with Gasteiger partial charge >= 0.3 is 0 Å². The highest BCUT2D eigenvalue weighted by atomic mass is 32.1. The van der Waals surface area contributed by atoms with Gasteiger partial charge in [-0.1, -0.05) is 23.5 Å². The van der Waals surface area contributed by atoms with Gasteiger partial charge in [0.05, 0.1) is 5.69 Å². The first-order valence-corrected chi connectivity index (χ1v) is 7.54. The van der Waals surface area contributed by atoms with E-state index in [9.17, 15) is 9.18 Å². The molecule has 1 heterocycles. The summed E-state index contributed by atoms with van der Waals surface area (Å²) in [5.74, 6) is -0.769. The minimum absolute atomic E-state index is 0.129. The van der Waals surface area contributed by atoms with Gasteiger partial charge in [0.15, 0.2) is 5.13 Å². The highest BCUT2D eigenvalue weighted by Crippen LogP contribution is 2.30. The van der Waals surface area contributed by atoms with Crippen molar-refractivity contribution in [3.05, 3.63) is 35.0 Å². The lowest BCUT2D eigenvalue weighted by molar-refractivity contribution is 0.103. The smallest absolute Gasteiger partial charge is 0.269 e. The van der Waals surface area contributed by atoms with Gasteiger partial charge in [-0.05, 0) is 31.4 Å². The summed E-state index contributed by atoms with van der Waals surface area (Å²) in [4.78, 5) is 16.6. The lowest BCUT2D eigenvalue weighted by Gasteiger charge is -2.25. The molecular weight excluding hydrogens is 291 g/mol. The molecule has 1 aromatic carbocycles. The number of anilines is 3. The van der Waals surface area contributed by atoms with Crippen molar-refractivity contribution in [2.75, 3.05) is 16.4 Å². The van der Waals surface area contributed by atoms with Gasteiger partial charge in [0.25, 0.3) is 5.91 Å². The van der Waals surface area contributed by atoms with Gasteiger partial charge in [-0.15, -0.1) is 0 Å². The molecule has 5 nitrogen and oxygen atoms in total. The van der Waals surface area contributed by atoms with Crippen LogP contribution < -0.4 is 16.4 Å². The van der Waals surface area contributed by atoms with Gasteiger partial charge in [0.1, 0.15) is 16.5 Å². The van der Waals surface area contributed by atoms with Crippen molar-refractivity contribution in [1.82, 2.24) is 4.98 Å². The molecular formula is C14H15FN4OS. The Morgan fingerprint density at radius 2 is 2.14 bits per heavy atom. The number of amides is 1. The number of carbonyl (C=O) groups is 1. The molecule has 1 fully saturated rings. The Hall–Kier alpha value is -2.15. The van der Waals surface area contributed by atoms with Crippen LogP contribution in [0.15, 0.2) is 24.3 Å². The highest BCUT2D eigenvalue weighted by molar-refractivity contribution is 7.18. The maximum Gasteiger partial charge on any atom is 0.269 e. The van der Waals surface area contributed by atoms with Crippen molar-refractivity contribution in [3.63, 3.8) is 0 Å². The Balaban J connectivity index is 1.73. The number of para-hydroxylation sites is 1. The summed E-state index contributed by atoms with van der Waals surface area (Å²) in [5, 5.41) is 6.39. The molecule has 0 spiro atoms. The van der Waals surface area contributed by atoms with Crippen LogP contribution in [0.1, 0.15) is 28.9 Å². The Morgan fingerprint density at radius 1 is 1.38 bits per heavy atom. The number of thiazole rings is 1. The first-order chi connectivity index (χ1) is 10.1. The number of carbonyl (C=O) groups excluding carboxylic acids is 1. The fourth-order valence-electron chi connectivity index (χ4n) is 2.03. The second-order valence-corrected chi connectivity index (χ2v) is 5.94. The molecule has 1 aliphatic rings. The normalized spacial score (nSPS) is 14.5. The lowest BCUT2D eigenvalue weighted by Crippen LogP contribution is -2.26. The van der Waals surface area contributed by atoms with Crippen LogP contribution in [-0.2, 0) is 0 Å². The number of hydrogen-bond acceptors (Lipinski definition) is 5. The zero-order chi connectivity index (χ0) is 14.8. The van der Waals surface area contributed by atoms with E-state index < -0.39 is 11.7 Å². The number of nitrogens with zero attached hydrogens (tertiary/aromatic N) is 1. The van der Waals surface area contributed by atoms with E-state index in [1.807, 2.05) is 0 Å². The Bertz CT molecular complexity index is 669. The number of nitrogen functional groups attached to an aromatic ring is 1. The van der Waals surface area contributed by atoms with Crippen molar-refractivity contribution < 1.29 is 9.18 Å². The third-order valence-corrected chi connectivity index (χ3v) is 4.42. The van der Waals surface area contributed by atoms with Crippen molar-refractivity contribution in [1.29, 1.82) is 0 Å². The predicted octanol–water partition coefficient (Wildman–Crippen LogP) is 3.08. The summed E-state index contributed by atoms with van der Waals surface area (Å²) < 4.78 is 13.5. The van der Waals surface area contributed by atoms with Gasteiger partial charge in [-0.3, -0.25) is 4.79 Å². The Labute approximate surface area is 125 Å². The fraction of sp³-hybridized carbons (Fsp3) is 0.286. The van der Waals surface area contributed by atoms with Crippen molar-refractivity contribution in [3.8, 4) is 0 Å². The molecule has 0 atom stereocenters. The third-order valence-electron chi connectivity index (χ3n) is 3.41. The molecule has 4 N–H and O–H groups in total. The molecule has 1 amide bonds. The molecule has 21 heavy (non-hydrogen) atoms. The molecule has 1 aliphatic carbocycles. The van der Waals surface area contributed by atoms with E-state index >= 15 is 0 Å². The number of benzene rings is 1. The monoisotopic (exact) mass is 306 g/mol. The number of halogens is 1. The maximum absolute atomic E-state index is 13.5. The van der Waals surface area contributed by atoms with Crippen LogP contribution in [0.25, 0.3) is 0 Å². The van der Waals surface area contributed by atoms with Crippen LogP contribution in [0.5, 0.6) is 0 Å². The van der Waals surface area contributed by atoms with Gasteiger partial charge in [0.2, 0.25) is 0 Å². The van der Waals surface area contributed by atoms with E-state index in [2.05, 4.69) is 15.6 Å². The summed E-state index contributed by atoms with van der Waals surface area (Å²) in [6.45, 7) is 0. The maximum atomic E-state index is 13.5. The molecule has 0 radical (unpaired) electrons. The summed E-state index contributed by atoms with van der Waals surface area (Å²) in [6.07, 6.45) is 3.42. The number of nitrogens with one attached hydrogen (secondary N) is 2. The number of aromatic nitrogens is 1. The van der Waals surface area contributed by atoms with Crippen LogP contribution in [0.3, 0.4) is 0 Å². The number of nitrogens with two attached hydrogens (primary N) is 1. The molecule has 2 aromatic rings. The minimum Gasteiger partial charge on any atom is -0.382 e. The van der Waals surface area contributed by atoms with Gasteiger partial charge in [-0.2, -0.15) is 0 Å². The second-order valence-electron chi connectivity index (χ2n) is 4.94. The summed E-state index contributed by atoms with van der Waals surface area (Å²) in [5.41, 5.74) is 5.90. The van der Waals surface area contributed by atoms with Crippen LogP contribution in [-0.4, -0.2) is 16.9 Å². The van der Waals surface area contributed by atoms with E-state index in [1.165, 1.54) is 29.9 Å². The molecule has 0 unspecified atom stereocenters. The lowest BCUT2D eigenvalue weighted by atomic mass is 9.93. The molecule has 1 saturated carbocycles. The highest BCUT2D eigenvalue weighted by Gasteiger charge is 2.21. The summed E-state index contributed by atoms with van der Waals surface area (Å²) >= 11 is 1.19. The van der Waals surface area contributed by atoms with Crippen molar-refractivity contribution in [2.45, 2.75) is 25.3 Å². The first-order valence-electron chi connectivity index (χ1n) is 6.72. The number of rotatable bonds is 4. The van der Waals surface area contributed by atoms with E-state index in [4.69, 9.17) is 5.73 Å². The number of hydrogen-bond donors (Lipinski definition) is 3. The van der Waals surface area contributed by atoms with E-state index in [-0.39, 0.29) is 11.5 Å². The Kier molecular flexibility index (Phi) is 3.74. The van der Waals surface area contributed by atoms with E-state index in [0.717, 1.165) is 12.8 Å². The van der Waals surface area contributed by atoms with Crippen LogP contribution in [0.4, 0.5) is 21.0 Å². The zero-order valence-electron chi connectivity index (χ0n) is 11.2. The van der Waals surface area contributed by atoms with Gasteiger partial charge < -0.3 is 16.4 Å². The predicted molar refractivity (Wildman–Crippen MR) is 82.1 cm³/mol. The average molecular weight is 306 g/mol. The summed E-state index contributed by atoms with van der Waals surface area (Å²) in [6, 6.07) is 6.41. The SMILES string of the molecule is Nc1nc(NC2CCC2)sc1C(=O)Nc1ccccc1F. The first kappa shape index (κ1) is 13.8. The minimum atomic E-state index is -0.484. The molecule has 1 aromatic heterocycles. The summed E-state index contributed by atoms with van der Waals surface area (Å²) in [7, 11) is 0. The van der Waals surface area contributed by atoms with Crippen molar-refractivity contribution in [2.24, 2.45) is 0 Å². The standard InChI is InChI=1S/C14H15FN4OS/c15-9-6-1-2-7-10(9)18-13(20)11-12(16)19-14(21-11)17-8-4-3-5-8/h1-2,6-8H,3-5,16H2,(H,17,19)(H,18,20). The molecule has 0 saturated heterocycles. The van der Waals surface area contributed by atoms with E-state index in [1.54, 1.807) is 12.1 Å². The molecule has 110 valence electrons. The third kappa shape index (κ3) is 2.97. The van der Waals surface area contributed by atoms with Crippen LogP contribution >= 0.6 is 11.3 Å². The van der Waals surface area contributed by atoms with Gasteiger partial charge in [0, 0.05) is 6.04 Å². The second kappa shape index (κ2) is 5.69. The van der Waals surface area contributed by atoms with Gasteiger partial charge in [-0.25, -0.2) is 9.37 Å². The van der Waals surface area contributed by atoms with Crippen LogP contribution in [0.2, 0.25) is 0 Å². The van der Waals surface area contributed by atoms with Crippen LogP contribution in [0, 0.1) is 5.82 Å². The molecule has 7 heteroatoms. The largest absolute Gasteiger partial charge is 0.382 e. The molecule has 0 bridgehead atoms. The molecule has 3 rings (SSSR count). The molecule has 0 aliphatic heterocycles. The Morgan fingerprint density at radius 3 is 2.81 bits per heavy atom.